The van der Waals surface area contributed by atoms with Gasteiger partial charge in [0.25, 0.3) is 0 Å². The highest BCUT2D eigenvalue weighted by Crippen LogP contribution is 2.23. The van der Waals surface area contributed by atoms with E-state index in [4.69, 9.17) is 11.6 Å². The molecule has 0 radical (unpaired) electrons. The fraction of sp³-hybridized carbons (Fsp3) is 0.500. The molecule has 0 saturated carbocycles. The molecule has 9 heavy (non-hydrogen) atoms. The number of halogens is 1. The van der Waals surface area contributed by atoms with E-state index in [0.29, 0.717) is 0 Å². The van der Waals surface area contributed by atoms with Crippen molar-refractivity contribution in [2.45, 2.75) is 26.2 Å². The molecule has 0 aromatic carbocycles. The van der Waals surface area contributed by atoms with Gasteiger partial charge in [-0.2, -0.15) is 0 Å². The van der Waals surface area contributed by atoms with Crippen LogP contribution in [0.25, 0.3) is 0 Å². The Balaban J connectivity index is 2.41. The first-order valence-corrected chi connectivity index (χ1v) is 3.76. The van der Waals surface area contributed by atoms with Crippen molar-refractivity contribution in [2.24, 2.45) is 0 Å². The molecule has 0 atom stereocenters. The Morgan fingerprint density at radius 1 is 1.67 bits per heavy atom. The van der Waals surface area contributed by atoms with E-state index in [1.54, 1.807) is 0 Å². The standard InChI is InChI=1S/C8H11Cl/c1-2-3-7-4-5-8(9)6-7/h5-6H,2-4H2,1H3. The molecule has 1 rings (SSSR count). The SMILES string of the molecule is CCCC1=CC(Cl)=CC1. The van der Waals surface area contributed by atoms with Gasteiger partial charge in [0.1, 0.15) is 0 Å². The molecule has 1 heteroatoms. The molecule has 50 valence electrons. The zero-order valence-electron chi connectivity index (χ0n) is 5.65. The fourth-order valence-corrected chi connectivity index (χ4v) is 1.27. The van der Waals surface area contributed by atoms with Gasteiger partial charge >= 0.3 is 0 Å². The maximum Gasteiger partial charge on any atom is 0.0369 e. The summed E-state index contributed by atoms with van der Waals surface area (Å²) in [4.78, 5) is 0. The van der Waals surface area contributed by atoms with E-state index < -0.39 is 0 Å². The van der Waals surface area contributed by atoms with E-state index in [9.17, 15) is 0 Å². The topological polar surface area (TPSA) is 0 Å². The summed E-state index contributed by atoms with van der Waals surface area (Å²) in [6.07, 6.45) is 7.64. The van der Waals surface area contributed by atoms with Gasteiger partial charge in [-0.25, -0.2) is 0 Å². The molecule has 0 unspecified atom stereocenters. The van der Waals surface area contributed by atoms with Crippen LogP contribution < -0.4 is 0 Å². The molecule has 0 bridgehead atoms. The zero-order chi connectivity index (χ0) is 6.69. The summed E-state index contributed by atoms with van der Waals surface area (Å²) in [5, 5.41) is 0.915. The quantitative estimate of drug-likeness (QED) is 0.555. The van der Waals surface area contributed by atoms with Crippen molar-refractivity contribution in [1.29, 1.82) is 0 Å². The molecule has 0 saturated heterocycles. The third kappa shape index (κ3) is 1.87. The van der Waals surface area contributed by atoms with Gasteiger partial charge in [-0.1, -0.05) is 36.6 Å². The van der Waals surface area contributed by atoms with E-state index in [2.05, 4.69) is 19.1 Å². The van der Waals surface area contributed by atoms with Gasteiger partial charge in [0.15, 0.2) is 0 Å². The molecule has 1 aliphatic carbocycles. The third-order valence-electron chi connectivity index (χ3n) is 1.47. The summed E-state index contributed by atoms with van der Waals surface area (Å²) in [5.41, 5.74) is 1.47. The normalized spacial score (nSPS) is 17.6. The first-order chi connectivity index (χ1) is 4.33. The minimum Gasteiger partial charge on any atom is -0.0847 e. The predicted octanol–water partition coefficient (Wildman–Crippen LogP) is 3.24. The van der Waals surface area contributed by atoms with Crippen LogP contribution in [-0.2, 0) is 0 Å². The maximum atomic E-state index is 5.73. The van der Waals surface area contributed by atoms with Crippen LogP contribution in [0.4, 0.5) is 0 Å². The zero-order valence-corrected chi connectivity index (χ0v) is 6.41. The summed E-state index contributed by atoms with van der Waals surface area (Å²) in [5.74, 6) is 0. The highest BCUT2D eigenvalue weighted by atomic mass is 35.5. The minimum atomic E-state index is 0.915. The minimum absolute atomic E-state index is 0.915. The van der Waals surface area contributed by atoms with E-state index in [0.717, 1.165) is 11.5 Å². The van der Waals surface area contributed by atoms with Gasteiger partial charge in [-0.15, -0.1) is 0 Å². The van der Waals surface area contributed by atoms with Crippen LogP contribution in [-0.4, -0.2) is 0 Å². The second-order valence-corrected chi connectivity index (χ2v) is 2.78. The molecule has 0 nitrogen and oxygen atoms in total. The van der Waals surface area contributed by atoms with Crippen LogP contribution in [0, 0.1) is 0 Å². The molecule has 0 aliphatic heterocycles. The number of allylic oxidation sites excluding steroid dienone is 4. The average Bonchev–Trinajstić information content (AvgIpc) is 2.17. The van der Waals surface area contributed by atoms with Crippen LogP contribution in [0.1, 0.15) is 26.2 Å². The summed E-state index contributed by atoms with van der Waals surface area (Å²) >= 11 is 5.73. The van der Waals surface area contributed by atoms with Crippen LogP contribution in [0.2, 0.25) is 0 Å². The van der Waals surface area contributed by atoms with Crippen molar-refractivity contribution in [3.63, 3.8) is 0 Å². The molecule has 0 aromatic heterocycles. The van der Waals surface area contributed by atoms with Gasteiger partial charge in [0, 0.05) is 5.03 Å². The lowest BCUT2D eigenvalue weighted by molar-refractivity contribution is 0.887. The molecule has 0 fully saturated rings. The largest absolute Gasteiger partial charge is 0.0847 e. The Morgan fingerprint density at radius 2 is 2.44 bits per heavy atom. The lowest BCUT2D eigenvalue weighted by Gasteiger charge is -1.93. The Hall–Kier alpha value is -0.230. The molecule has 0 amide bonds. The van der Waals surface area contributed by atoms with Gasteiger partial charge in [-0.05, 0) is 18.9 Å². The smallest absolute Gasteiger partial charge is 0.0369 e. The second-order valence-electron chi connectivity index (χ2n) is 2.35. The summed E-state index contributed by atoms with van der Waals surface area (Å²) in [7, 11) is 0. The van der Waals surface area contributed by atoms with E-state index in [1.807, 2.05) is 0 Å². The molecule has 0 spiro atoms. The van der Waals surface area contributed by atoms with Crippen molar-refractivity contribution < 1.29 is 0 Å². The Labute approximate surface area is 61.2 Å². The average molecular weight is 143 g/mol. The number of rotatable bonds is 2. The van der Waals surface area contributed by atoms with Crippen LogP contribution in [0.3, 0.4) is 0 Å². The van der Waals surface area contributed by atoms with E-state index >= 15 is 0 Å². The fourth-order valence-electron chi connectivity index (χ4n) is 1.04. The van der Waals surface area contributed by atoms with Crippen molar-refractivity contribution >= 4 is 11.6 Å². The molecule has 0 aromatic rings. The van der Waals surface area contributed by atoms with Crippen molar-refractivity contribution in [3.8, 4) is 0 Å². The van der Waals surface area contributed by atoms with Gasteiger partial charge in [0.05, 0.1) is 0 Å². The highest BCUT2D eigenvalue weighted by Gasteiger charge is 2.01. The van der Waals surface area contributed by atoms with Crippen molar-refractivity contribution in [3.05, 3.63) is 22.8 Å². The Kier molecular flexibility index (Phi) is 2.35. The van der Waals surface area contributed by atoms with Crippen LogP contribution in [0.15, 0.2) is 22.8 Å². The summed E-state index contributed by atoms with van der Waals surface area (Å²) < 4.78 is 0. The summed E-state index contributed by atoms with van der Waals surface area (Å²) in [6, 6.07) is 0. The number of hydrogen-bond acceptors (Lipinski definition) is 0. The predicted molar refractivity (Wildman–Crippen MR) is 41.5 cm³/mol. The maximum absolute atomic E-state index is 5.73. The van der Waals surface area contributed by atoms with Gasteiger partial charge in [-0.3, -0.25) is 0 Å². The third-order valence-corrected chi connectivity index (χ3v) is 1.74. The van der Waals surface area contributed by atoms with Gasteiger partial charge < -0.3 is 0 Å². The monoisotopic (exact) mass is 142 g/mol. The molecule has 0 heterocycles. The molecular formula is C8H11Cl. The summed E-state index contributed by atoms with van der Waals surface area (Å²) in [6.45, 7) is 2.19. The first-order valence-electron chi connectivity index (χ1n) is 3.38. The number of hydrogen-bond donors (Lipinski definition) is 0. The lowest BCUT2D eigenvalue weighted by Crippen LogP contribution is -1.74. The van der Waals surface area contributed by atoms with E-state index in [1.165, 1.54) is 18.4 Å². The lowest BCUT2D eigenvalue weighted by atomic mass is 10.1. The highest BCUT2D eigenvalue weighted by molar-refractivity contribution is 6.31. The first kappa shape index (κ1) is 6.88. The Morgan fingerprint density at radius 3 is 2.89 bits per heavy atom. The van der Waals surface area contributed by atoms with E-state index in [-0.39, 0.29) is 0 Å². The van der Waals surface area contributed by atoms with Gasteiger partial charge in [0.2, 0.25) is 0 Å². The van der Waals surface area contributed by atoms with Crippen LogP contribution in [0.5, 0.6) is 0 Å². The van der Waals surface area contributed by atoms with Crippen molar-refractivity contribution in [1.82, 2.24) is 0 Å². The molecule has 0 N–H and O–H groups in total. The molecular weight excluding hydrogens is 132 g/mol. The van der Waals surface area contributed by atoms with Crippen LogP contribution >= 0.6 is 11.6 Å². The second kappa shape index (κ2) is 3.07. The Bertz CT molecular complexity index is 154. The molecule has 1 aliphatic rings. The van der Waals surface area contributed by atoms with Crippen molar-refractivity contribution in [2.75, 3.05) is 0 Å².